The van der Waals surface area contributed by atoms with Gasteiger partial charge in [-0.2, -0.15) is 0 Å². The Bertz CT molecular complexity index is 533. The summed E-state index contributed by atoms with van der Waals surface area (Å²) in [6, 6.07) is 1.77. The fraction of sp³-hybridized carbons (Fsp3) is 0.200. The number of aryl methyl sites for hydroxylation is 1. The van der Waals surface area contributed by atoms with Crippen LogP contribution in [0.1, 0.15) is 22.4 Å². The van der Waals surface area contributed by atoms with Crippen LogP contribution >= 0.6 is 34.3 Å². The number of carbonyl (C=O) groups is 1. The van der Waals surface area contributed by atoms with Gasteiger partial charge < -0.3 is 5.11 Å². The molecule has 0 amide bonds. The molecule has 2 aromatic rings. The summed E-state index contributed by atoms with van der Waals surface area (Å²) in [6.07, 6.45) is 0.740. The minimum atomic E-state index is -0.990. The summed E-state index contributed by atoms with van der Waals surface area (Å²) >= 11 is 8.68. The maximum absolute atomic E-state index is 11.0. The van der Waals surface area contributed by atoms with E-state index in [0.29, 0.717) is 9.90 Å². The quantitative estimate of drug-likeness (QED) is 0.926. The Kier molecular flexibility index (Phi) is 3.28. The van der Waals surface area contributed by atoms with Gasteiger partial charge in [0.1, 0.15) is 0 Å². The van der Waals surface area contributed by atoms with E-state index in [4.69, 9.17) is 16.7 Å². The van der Waals surface area contributed by atoms with Gasteiger partial charge in [0.2, 0.25) is 0 Å². The van der Waals surface area contributed by atoms with E-state index in [0.717, 1.165) is 16.3 Å². The number of nitrogens with zero attached hydrogens (tertiary/aromatic N) is 1. The SMILES string of the molecule is CCc1nc(C(=O)O)c(-c2cc(Cl)cs2)s1. The zero-order valence-electron chi connectivity index (χ0n) is 8.36. The molecule has 2 heterocycles. The lowest BCUT2D eigenvalue weighted by molar-refractivity contribution is 0.0692. The van der Waals surface area contributed by atoms with Crippen LogP contribution in [0.4, 0.5) is 0 Å². The van der Waals surface area contributed by atoms with E-state index in [1.807, 2.05) is 6.92 Å². The summed E-state index contributed by atoms with van der Waals surface area (Å²) in [5, 5.41) is 12.3. The van der Waals surface area contributed by atoms with Crippen molar-refractivity contribution in [2.24, 2.45) is 0 Å². The fourth-order valence-electron chi connectivity index (χ4n) is 1.26. The van der Waals surface area contributed by atoms with Crippen molar-refractivity contribution in [3.8, 4) is 9.75 Å². The van der Waals surface area contributed by atoms with Gasteiger partial charge in [-0.25, -0.2) is 9.78 Å². The van der Waals surface area contributed by atoms with E-state index in [1.165, 1.54) is 22.7 Å². The van der Waals surface area contributed by atoms with E-state index in [9.17, 15) is 4.79 Å². The van der Waals surface area contributed by atoms with E-state index >= 15 is 0 Å². The number of thiazole rings is 1. The average Bonchev–Trinajstić information content (AvgIpc) is 2.82. The third kappa shape index (κ3) is 2.11. The highest BCUT2D eigenvalue weighted by Crippen LogP contribution is 2.36. The lowest BCUT2D eigenvalue weighted by Crippen LogP contribution is -1.98. The Morgan fingerprint density at radius 2 is 2.38 bits per heavy atom. The molecular formula is C10H8ClNO2S2. The van der Waals surface area contributed by atoms with Crippen LogP contribution in [0, 0.1) is 0 Å². The van der Waals surface area contributed by atoms with Gasteiger partial charge in [0, 0.05) is 10.3 Å². The zero-order chi connectivity index (χ0) is 11.7. The molecule has 0 aromatic carbocycles. The van der Waals surface area contributed by atoms with E-state index in [2.05, 4.69) is 4.98 Å². The summed E-state index contributed by atoms with van der Waals surface area (Å²) in [7, 11) is 0. The van der Waals surface area contributed by atoms with Crippen molar-refractivity contribution in [2.75, 3.05) is 0 Å². The predicted molar refractivity (Wildman–Crippen MR) is 66.8 cm³/mol. The van der Waals surface area contributed by atoms with Crippen molar-refractivity contribution >= 4 is 40.2 Å². The zero-order valence-corrected chi connectivity index (χ0v) is 10.7. The third-order valence-corrected chi connectivity index (χ3v) is 4.63. The minimum Gasteiger partial charge on any atom is -0.476 e. The molecule has 0 atom stereocenters. The maximum atomic E-state index is 11.0. The van der Waals surface area contributed by atoms with Gasteiger partial charge in [-0.3, -0.25) is 0 Å². The largest absolute Gasteiger partial charge is 0.476 e. The van der Waals surface area contributed by atoms with Crippen LogP contribution in [0.3, 0.4) is 0 Å². The van der Waals surface area contributed by atoms with Crippen molar-refractivity contribution in [3.63, 3.8) is 0 Å². The van der Waals surface area contributed by atoms with Gasteiger partial charge in [-0.05, 0) is 12.5 Å². The molecule has 0 aliphatic carbocycles. The molecule has 0 fully saturated rings. The number of carboxylic acid groups (broad SMARTS) is 1. The Morgan fingerprint density at radius 1 is 1.62 bits per heavy atom. The number of carboxylic acids is 1. The van der Waals surface area contributed by atoms with Crippen molar-refractivity contribution in [3.05, 3.63) is 27.2 Å². The lowest BCUT2D eigenvalue weighted by Gasteiger charge is -1.92. The highest BCUT2D eigenvalue weighted by atomic mass is 35.5. The Morgan fingerprint density at radius 3 is 2.88 bits per heavy atom. The molecule has 16 heavy (non-hydrogen) atoms. The molecular weight excluding hydrogens is 266 g/mol. The Labute approximate surface area is 105 Å². The maximum Gasteiger partial charge on any atom is 0.356 e. The van der Waals surface area contributed by atoms with Crippen LogP contribution in [0.15, 0.2) is 11.4 Å². The number of aromatic carboxylic acids is 1. The van der Waals surface area contributed by atoms with E-state index in [1.54, 1.807) is 11.4 Å². The highest BCUT2D eigenvalue weighted by Gasteiger charge is 2.19. The molecule has 0 bridgehead atoms. The monoisotopic (exact) mass is 273 g/mol. The Balaban J connectivity index is 2.54. The second-order valence-corrected chi connectivity index (χ2v) is 5.50. The fourth-order valence-corrected chi connectivity index (χ4v) is 3.45. The van der Waals surface area contributed by atoms with Crippen LogP contribution < -0.4 is 0 Å². The first-order chi connectivity index (χ1) is 7.61. The molecule has 3 nitrogen and oxygen atoms in total. The van der Waals surface area contributed by atoms with Gasteiger partial charge >= 0.3 is 5.97 Å². The first-order valence-corrected chi connectivity index (χ1v) is 6.66. The van der Waals surface area contributed by atoms with Crippen LogP contribution in [0.2, 0.25) is 5.02 Å². The second-order valence-electron chi connectivity index (χ2n) is 3.07. The van der Waals surface area contributed by atoms with Crippen molar-refractivity contribution in [1.29, 1.82) is 0 Å². The highest BCUT2D eigenvalue weighted by molar-refractivity contribution is 7.21. The van der Waals surface area contributed by atoms with Gasteiger partial charge in [0.05, 0.1) is 14.9 Å². The molecule has 2 rings (SSSR count). The van der Waals surface area contributed by atoms with Crippen LogP contribution in [-0.2, 0) is 6.42 Å². The molecule has 0 aliphatic heterocycles. The predicted octanol–water partition coefficient (Wildman–Crippen LogP) is 3.79. The minimum absolute atomic E-state index is 0.125. The summed E-state index contributed by atoms with van der Waals surface area (Å²) < 4.78 is 0. The van der Waals surface area contributed by atoms with Gasteiger partial charge in [0.15, 0.2) is 5.69 Å². The average molecular weight is 274 g/mol. The van der Waals surface area contributed by atoms with E-state index in [-0.39, 0.29) is 5.69 Å². The summed E-state index contributed by atoms with van der Waals surface area (Å²) in [4.78, 5) is 16.7. The van der Waals surface area contributed by atoms with Crippen molar-refractivity contribution in [1.82, 2.24) is 4.98 Å². The normalized spacial score (nSPS) is 10.6. The Hall–Kier alpha value is -0.910. The lowest BCUT2D eigenvalue weighted by atomic mass is 10.3. The van der Waals surface area contributed by atoms with Gasteiger partial charge in [-0.1, -0.05) is 18.5 Å². The third-order valence-electron chi connectivity index (χ3n) is 1.97. The number of rotatable bonds is 3. The molecule has 1 N–H and O–H groups in total. The summed E-state index contributed by atoms with van der Waals surface area (Å²) in [5.74, 6) is -0.990. The number of thiophene rings is 1. The topological polar surface area (TPSA) is 50.2 Å². The second kappa shape index (κ2) is 4.53. The van der Waals surface area contributed by atoms with Crippen LogP contribution in [0.5, 0.6) is 0 Å². The molecule has 0 saturated carbocycles. The number of halogens is 1. The summed E-state index contributed by atoms with van der Waals surface area (Å²) in [5.41, 5.74) is 0.125. The molecule has 6 heteroatoms. The van der Waals surface area contributed by atoms with Gasteiger partial charge in [-0.15, -0.1) is 22.7 Å². The van der Waals surface area contributed by atoms with Crippen molar-refractivity contribution in [2.45, 2.75) is 13.3 Å². The first-order valence-electron chi connectivity index (χ1n) is 4.59. The molecule has 0 aliphatic rings. The van der Waals surface area contributed by atoms with E-state index < -0.39 is 5.97 Å². The molecule has 84 valence electrons. The molecule has 0 saturated heterocycles. The number of hydrogen-bond acceptors (Lipinski definition) is 4. The van der Waals surface area contributed by atoms with Crippen LogP contribution in [0.25, 0.3) is 9.75 Å². The smallest absolute Gasteiger partial charge is 0.356 e. The summed E-state index contributed by atoms with van der Waals surface area (Å²) in [6.45, 7) is 1.95. The molecule has 2 aromatic heterocycles. The first kappa shape index (κ1) is 11.6. The van der Waals surface area contributed by atoms with Crippen molar-refractivity contribution < 1.29 is 9.90 Å². The molecule has 0 unspecified atom stereocenters. The van der Waals surface area contributed by atoms with Crippen LogP contribution in [-0.4, -0.2) is 16.1 Å². The molecule has 0 spiro atoms. The number of hydrogen-bond donors (Lipinski definition) is 1. The standard InChI is InChI=1S/C10H8ClNO2S2/c1-2-7-12-8(10(13)14)9(16-7)6-3-5(11)4-15-6/h3-4H,2H2,1H3,(H,13,14). The number of aromatic nitrogens is 1. The van der Waals surface area contributed by atoms with Gasteiger partial charge in [0.25, 0.3) is 0 Å². The molecule has 0 radical (unpaired) electrons.